The van der Waals surface area contributed by atoms with Crippen LogP contribution in [0.3, 0.4) is 0 Å². The number of thiophene rings is 1. The molecular weight excluding hydrogens is 322 g/mol. The molecule has 0 radical (unpaired) electrons. The minimum absolute atomic E-state index is 0.617. The van der Waals surface area contributed by atoms with E-state index in [1.807, 2.05) is 18.2 Å². The molecule has 0 unspecified atom stereocenters. The van der Waals surface area contributed by atoms with Gasteiger partial charge in [-0.15, -0.1) is 11.3 Å². The summed E-state index contributed by atoms with van der Waals surface area (Å²) in [7, 11) is 0. The van der Waals surface area contributed by atoms with Crippen LogP contribution >= 0.6 is 27.3 Å². The zero-order chi connectivity index (χ0) is 13.5. The topological polar surface area (TPSA) is 21.3 Å². The van der Waals surface area contributed by atoms with E-state index in [9.17, 15) is 0 Å². The van der Waals surface area contributed by atoms with Crippen LogP contribution in [0.4, 0.5) is 0 Å². The van der Waals surface area contributed by atoms with E-state index in [0.717, 1.165) is 29.7 Å². The van der Waals surface area contributed by atoms with Crippen LogP contribution < -0.4 is 10.1 Å². The Morgan fingerprint density at radius 1 is 1.21 bits per heavy atom. The second kappa shape index (κ2) is 7.68. The normalized spacial score (nSPS) is 10.6. The van der Waals surface area contributed by atoms with Gasteiger partial charge in [0.05, 0.1) is 4.88 Å². The van der Waals surface area contributed by atoms with Crippen LogP contribution in [0.25, 0.3) is 0 Å². The summed E-state index contributed by atoms with van der Waals surface area (Å²) in [5, 5.41) is 5.45. The highest BCUT2D eigenvalue weighted by Gasteiger charge is 2.02. The maximum Gasteiger partial charge on any atom is 0.124 e. The Balaban J connectivity index is 1.83. The van der Waals surface area contributed by atoms with E-state index in [1.54, 1.807) is 11.3 Å². The van der Waals surface area contributed by atoms with Gasteiger partial charge < -0.3 is 10.1 Å². The summed E-state index contributed by atoms with van der Waals surface area (Å²) in [6.07, 6.45) is 1.16. The molecule has 0 aliphatic rings. The third-order valence-electron chi connectivity index (χ3n) is 2.74. The SMILES string of the molecule is CCCNCc1ccc(OCc2sccc2Br)cc1. The van der Waals surface area contributed by atoms with Gasteiger partial charge in [-0.2, -0.15) is 0 Å². The van der Waals surface area contributed by atoms with Crippen LogP contribution in [-0.2, 0) is 13.2 Å². The van der Waals surface area contributed by atoms with Crippen LogP contribution in [-0.4, -0.2) is 6.54 Å². The number of hydrogen-bond donors (Lipinski definition) is 1. The van der Waals surface area contributed by atoms with Crippen molar-refractivity contribution in [2.75, 3.05) is 6.54 Å². The standard InChI is InChI=1S/C15H18BrNOS/c1-2-8-17-10-12-3-5-13(6-4-12)18-11-15-14(16)7-9-19-15/h3-7,9,17H,2,8,10-11H2,1H3. The van der Waals surface area contributed by atoms with Gasteiger partial charge in [0.15, 0.2) is 0 Å². The molecule has 1 aromatic heterocycles. The number of nitrogens with one attached hydrogen (secondary N) is 1. The van der Waals surface area contributed by atoms with Gasteiger partial charge in [-0.3, -0.25) is 0 Å². The van der Waals surface area contributed by atoms with E-state index in [4.69, 9.17) is 4.74 Å². The first kappa shape index (κ1) is 14.6. The highest BCUT2D eigenvalue weighted by atomic mass is 79.9. The zero-order valence-electron chi connectivity index (χ0n) is 11.0. The third kappa shape index (κ3) is 4.64. The van der Waals surface area contributed by atoms with Crippen molar-refractivity contribution in [2.45, 2.75) is 26.5 Å². The summed E-state index contributed by atoms with van der Waals surface area (Å²) in [5.41, 5.74) is 1.29. The van der Waals surface area contributed by atoms with E-state index in [0.29, 0.717) is 6.61 Å². The third-order valence-corrected chi connectivity index (χ3v) is 4.64. The second-order valence-corrected chi connectivity index (χ2v) is 6.16. The lowest BCUT2D eigenvalue weighted by atomic mass is 10.2. The fourth-order valence-electron chi connectivity index (χ4n) is 1.69. The van der Waals surface area contributed by atoms with Crippen molar-refractivity contribution in [3.63, 3.8) is 0 Å². The van der Waals surface area contributed by atoms with Crippen molar-refractivity contribution in [3.05, 3.63) is 50.6 Å². The molecule has 2 rings (SSSR count). The van der Waals surface area contributed by atoms with E-state index in [1.165, 1.54) is 10.4 Å². The molecule has 2 nitrogen and oxygen atoms in total. The lowest BCUT2D eigenvalue weighted by Gasteiger charge is -2.07. The average molecular weight is 340 g/mol. The number of halogens is 1. The average Bonchev–Trinajstić information content (AvgIpc) is 2.84. The highest BCUT2D eigenvalue weighted by molar-refractivity contribution is 9.10. The van der Waals surface area contributed by atoms with Crippen molar-refractivity contribution in [3.8, 4) is 5.75 Å². The molecule has 0 aliphatic heterocycles. The van der Waals surface area contributed by atoms with E-state index in [-0.39, 0.29) is 0 Å². The summed E-state index contributed by atoms with van der Waals surface area (Å²) in [5.74, 6) is 0.916. The Kier molecular flexibility index (Phi) is 5.89. The quantitative estimate of drug-likeness (QED) is 0.745. The molecule has 0 saturated carbocycles. The van der Waals surface area contributed by atoms with Gasteiger partial charge in [0.2, 0.25) is 0 Å². The van der Waals surface area contributed by atoms with E-state index < -0.39 is 0 Å². The minimum Gasteiger partial charge on any atom is -0.488 e. The molecule has 2 aromatic rings. The molecule has 0 aliphatic carbocycles. The van der Waals surface area contributed by atoms with Gasteiger partial charge in [0, 0.05) is 11.0 Å². The van der Waals surface area contributed by atoms with Gasteiger partial charge in [-0.25, -0.2) is 0 Å². The van der Waals surface area contributed by atoms with Crippen molar-refractivity contribution in [2.24, 2.45) is 0 Å². The number of benzene rings is 1. The zero-order valence-corrected chi connectivity index (χ0v) is 13.4. The summed E-state index contributed by atoms with van der Waals surface area (Å²) in [6, 6.07) is 10.3. The number of rotatable bonds is 7. The lowest BCUT2D eigenvalue weighted by molar-refractivity contribution is 0.309. The maximum absolute atomic E-state index is 5.77. The lowest BCUT2D eigenvalue weighted by Crippen LogP contribution is -2.13. The molecular formula is C15H18BrNOS. The van der Waals surface area contributed by atoms with Crippen molar-refractivity contribution in [1.29, 1.82) is 0 Å². The van der Waals surface area contributed by atoms with Crippen molar-refractivity contribution < 1.29 is 4.74 Å². The maximum atomic E-state index is 5.77. The van der Waals surface area contributed by atoms with Gasteiger partial charge >= 0.3 is 0 Å². The summed E-state index contributed by atoms with van der Waals surface area (Å²) < 4.78 is 6.89. The van der Waals surface area contributed by atoms with Crippen molar-refractivity contribution >= 4 is 27.3 Å². The molecule has 0 fully saturated rings. The fourth-order valence-corrected chi connectivity index (χ4v) is 3.07. The molecule has 102 valence electrons. The summed E-state index contributed by atoms with van der Waals surface area (Å²) >= 11 is 5.21. The Hall–Kier alpha value is -0.840. The Morgan fingerprint density at radius 2 is 2.00 bits per heavy atom. The largest absolute Gasteiger partial charge is 0.488 e. The second-order valence-electron chi connectivity index (χ2n) is 4.30. The van der Waals surface area contributed by atoms with Gasteiger partial charge in [-0.05, 0) is 58.0 Å². The minimum atomic E-state index is 0.617. The predicted octanol–water partition coefficient (Wildman–Crippen LogP) is 4.59. The van der Waals surface area contributed by atoms with Gasteiger partial charge in [0.25, 0.3) is 0 Å². The summed E-state index contributed by atoms with van der Waals surface area (Å²) in [4.78, 5) is 1.22. The van der Waals surface area contributed by atoms with Gasteiger partial charge in [0.1, 0.15) is 12.4 Å². The van der Waals surface area contributed by atoms with E-state index >= 15 is 0 Å². The smallest absolute Gasteiger partial charge is 0.124 e. The first-order valence-electron chi connectivity index (χ1n) is 6.44. The molecule has 0 bridgehead atoms. The van der Waals surface area contributed by atoms with Crippen LogP contribution in [0.15, 0.2) is 40.2 Å². The number of ether oxygens (including phenoxy) is 1. The van der Waals surface area contributed by atoms with E-state index in [2.05, 4.69) is 45.7 Å². The summed E-state index contributed by atoms with van der Waals surface area (Å²) in [6.45, 7) is 4.77. The molecule has 0 spiro atoms. The predicted molar refractivity (Wildman–Crippen MR) is 84.8 cm³/mol. The van der Waals surface area contributed by atoms with Gasteiger partial charge in [-0.1, -0.05) is 19.1 Å². The first-order valence-corrected chi connectivity index (χ1v) is 8.11. The Bertz CT molecular complexity index is 495. The highest BCUT2D eigenvalue weighted by Crippen LogP contribution is 2.24. The van der Waals surface area contributed by atoms with Crippen LogP contribution in [0.5, 0.6) is 5.75 Å². The molecule has 0 saturated heterocycles. The molecule has 19 heavy (non-hydrogen) atoms. The number of hydrogen-bond acceptors (Lipinski definition) is 3. The van der Waals surface area contributed by atoms with Crippen molar-refractivity contribution in [1.82, 2.24) is 5.32 Å². The van der Waals surface area contributed by atoms with Crippen LogP contribution in [0.1, 0.15) is 23.8 Å². The molecule has 0 atom stereocenters. The molecule has 4 heteroatoms. The van der Waals surface area contributed by atoms with Crippen LogP contribution in [0, 0.1) is 0 Å². The molecule has 0 amide bonds. The monoisotopic (exact) mass is 339 g/mol. The Labute approximate surface area is 126 Å². The molecule has 1 aromatic carbocycles. The Morgan fingerprint density at radius 3 is 2.63 bits per heavy atom. The molecule has 1 heterocycles. The fraction of sp³-hybridized carbons (Fsp3) is 0.333. The molecule has 1 N–H and O–H groups in total. The van der Waals surface area contributed by atoms with Crippen LogP contribution in [0.2, 0.25) is 0 Å². The first-order chi connectivity index (χ1) is 9.29.